The molecule has 0 atom stereocenters. The number of ether oxygens (including phenoxy) is 2. The Labute approximate surface area is 139 Å². The lowest BCUT2D eigenvalue weighted by molar-refractivity contribution is -0.117. The van der Waals surface area contributed by atoms with E-state index in [1.165, 1.54) is 24.3 Å². The summed E-state index contributed by atoms with van der Waals surface area (Å²) in [4.78, 5) is 11.9. The van der Waals surface area contributed by atoms with Crippen LogP contribution in [-0.2, 0) is 4.79 Å². The number of rotatable bonds is 9. The SMILES string of the molecule is CCCCNC(=O)/C(C#N)=C/c1ccc(OC(F)F)c(OCC)c1. The molecule has 0 bridgehead atoms. The van der Waals surface area contributed by atoms with Crippen LogP contribution in [0.25, 0.3) is 6.08 Å². The molecule has 0 fully saturated rings. The lowest BCUT2D eigenvalue weighted by Crippen LogP contribution is -2.25. The lowest BCUT2D eigenvalue weighted by Gasteiger charge is -2.12. The van der Waals surface area contributed by atoms with Crippen molar-refractivity contribution in [3.05, 3.63) is 29.3 Å². The second-order valence-electron chi connectivity index (χ2n) is 4.80. The van der Waals surface area contributed by atoms with E-state index in [1.807, 2.05) is 13.0 Å². The minimum absolute atomic E-state index is 0.0731. The Morgan fingerprint density at radius 3 is 2.71 bits per heavy atom. The van der Waals surface area contributed by atoms with Crippen molar-refractivity contribution in [1.82, 2.24) is 5.32 Å². The van der Waals surface area contributed by atoms with Crippen LogP contribution in [0, 0.1) is 11.3 Å². The van der Waals surface area contributed by atoms with Gasteiger partial charge in [0.25, 0.3) is 5.91 Å². The number of halogens is 2. The minimum atomic E-state index is -2.97. The standard InChI is InChI=1S/C17H20F2N2O3/c1-3-5-8-21-16(22)13(11-20)9-12-6-7-14(24-17(18)19)15(10-12)23-4-2/h6-7,9-10,17H,3-5,8H2,1-2H3,(H,21,22)/b13-9+. The summed E-state index contributed by atoms with van der Waals surface area (Å²) in [6.07, 6.45) is 3.11. The number of nitrogens with one attached hydrogen (secondary N) is 1. The Morgan fingerprint density at radius 2 is 2.12 bits per heavy atom. The quantitative estimate of drug-likeness (QED) is 0.425. The van der Waals surface area contributed by atoms with Crippen molar-refractivity contribution >= 4 is 12.0 Å². The molecule has 1 aromatic rings. The Hall–Kier alpha value is -2.62. The fraction of sp³-hybridized carbons (Fsp3) is 0.412. The van der Waals surface area contributed by atoms with Crippen LogP contribution in [0.2, 0.25) is 0 Å². The normalized spacial score (nSPS) is 11.1. The molecule has 7 heteroatoms. The highest BCUT2D eigenvalue weighted by atomic mass is 19.3. The highest BCUT2D eigenvalue weighted by Gasteiger charge is 2.13. The van der Waals surface area contributed by atoms with E-state index in [4.69, 9.17) is 10.00 Å². The van der Waals surface area contributed by atoms with Crippen molar-refractivity contribution in [2.45, 2.75) is 33.3 Å². The Bertz CT molecular complexity index is 625. The van der Waals surface area contributed by atoms with Crippen LogP contribution in [0.4, 0.5) is 8.78 Å². The molecule has 130 valence electrons. The van der Waals surface area contributed by atoms with Crippen molar-refractivity contribution in [2.24, 2.45) is 0 Å². The highest BCUT2D eigenvalue weighted by Crippen LogP contribution is 2.30. The molecule has 1 N–H and O–H groups in total. The van der Waals surface area contributed by atoms with Gasteiger partial charge >= 0.3 is 6.61 Å². The van der Waals surface area contributed by atoms with Gasteiger partial charge in [-0.2, -0.15) is 14.0 Å². The van der Waals surface area contributed by atoms with Gasteiger partial charge < -0.3 is 14.8 Å². The largest absolute Gasteiger partial charge is 0.490 e. The van der Waals surface area contributed by atoms with Crippen molar-refractivity contribution in [3.8, 4) is 17.6 Å². The summed E-state index contributed by atoms with van der Waals surface area (Å²) < 4.78 is 34.4. The molecule has 0 aliphatic heterocycles. The molecule has 0 radical (unpaired) electrons. The number of nitrogens with zero attached hydrogens (tertiary/aromatic N) is 1. The molecule has 1 rings (SSSR count). The third kappa shape index (κ3) is 6.24. The van der Waals surface area contributed by atoms with E-state index in [0.29, 0.717) is 12.1 Å². The fourth-order valence-electron chi connectivity index (χ4n) is 1.87. The van der Waals surface area contributed by atoms with Gasteiger partial charge in [-0.25, -0.2) is 0 Å². The van der Waals surface area contributed by atoms with Gasteiger partial charge in [0.05, 0.1) is 6.61 Å². The monoisotopic (exact) mass is 338 g/mol. The van der Waals surface area contributed by atoms with E-state index in [2.05, 4.69) is 10.1 Å². The summed E-state index contributed by atoms with van der Waals surface area (Å²) in [5.74, 6) is -0.457. The van der Waals surface area contributed by atoms with Crippen LogP contribution >= 0.6 is 0 Å². The first-order valence-electron chi connectivity index (χ1n) is 7.63. The third-order valence-electron chi connectivity index (χ3n) is 2.98. The summed E-state index contributed by atoms with van der Waals surface area (Å²) in [5, 5.41) is 11.8. The number of amides is 1. The van der Waals surface area contributed by atoms with Gasteiger partial charge in [-0.15, -0.1) is 0 Å². The second kappa shape index (κ2) is 10.2. The number of carbonyl (C=O) groups is 1. The molecule has 5 nitrogen and oxygen atoms in total. The maximum atomic E-state index is 12.4. The molecule has 0 aliphatic carbocycles. The molecule has 0 unspecified atom stereocenters. The van der Waals surface area contributed by atoms with E-state index < -0.39 is 12.5 Å². The minimum Gasteiger partial charge on any atom is -0.490 e. The summed E-state index contributed by atoms with van der Waals surface area (Å²) in [6.45, 7) is 1.47. The van der Waals surface area contributed by atoms with E-state index >= 15 is 0 Å². The Kier molecular flexibility index (Phi) is 8.26. The maximum absolute atomic E-state index is 12.4. The van der Waals surface area contributed by atoms with E-state index in [0.717, 1.165) is 12.8 Å². The Morgan fingerprint density at radius 1 is 1.38 bits per heavy atom. The number of hydrogen-bond donors (Lipinski definition) is 1. The van der Waals surface area contributed by atoms with Gasteiger partial charge in [-0.1, -0.05) is 19.4 Å². The first-order chi connectivity index (χ1) is 11.5. The van der Waals surface area contributed by atoms with Gasteiger partial charge in [0.15, 0.2) is 11.5 Å². The average Bonchev–Trinajstić information content (AvgIpc) is 2.54. The van der Waals surface area contributed by atoms with Crippen LogP contribution in [0.3, 0.4) is 0 Å². The number of hydrogen-bond acceptors (Lipinski definition) is 4. The zero-order valence-electron chi connectivity index (χ0n) is 13.6. The Balaban J connectivity index is 3.00. The summed E-state index contributed by atoms with van der Waals surface area (Å²) in [6, 6.07) is 6.06. The third-order valence-corrected chi connectivity index (χ3v) is 2.98. The number of carbonyl (C=O) groups excluding carboxylic acids is 1. The smallest absolute Gasteiger partial charge is 0.387 e. The summed E-state index contributed by atoms with van der Waals surface area (Å²) in [5.41, 5.74) is 0.401. The molecule has 0 spiro atoms. The zero-order chi connectivity index (χ0) is 17.9. The van der Waals surface area contributed by atoms with Crippen LogP contribution in [0.15, 0.2) is 23.8 Å². The van der Waals surface area contributed by atoms with Crippen molar-refractivity contribution < 1.29 is 23.0 Å². The molecule has 0 aliphatic rings. The number of benzene rings is 1. The molecular formula is C17H20F2N2O3. The van der Waals surface area contributed by atoms with Crippen molar-refractivity contribution in [1.29, 1.82) is 5.26 Å². The zero-order valence-corrected chi connectivity index (χ0v) is 13.6. The maximum Gasteiger partial charge on any atom is 0.387 e. The lowest BCUT2D eigenvalue weighted by atomic mass is 10.1. The first-order valence-corrected chi connectivity index (χ1v) is 7.63. The number of nitriles is 1. The van der Waals surface area contributed by atoms with Crippen molar-refractivity contribution in [2.75, 3.05) is 13.2 Å². The van der Waals surface area contributed by atoms with E-state index in [9.17, 15) is 13.6 Å². The molecule has 0 saturated carbocycles. The second-order valence-corrected chi connectivity index (χ2v) is 4.80. The molecule has 1 amide bonds. The van der Waals surface area contributed by atoms with Crippen LogP contribution in [0.5, 0.6) is 11.5 Å². The average molecular weight is 338 g/mol. The number of alkyl halides is 2. The molecule has 1 aromatic carbocycles. The number of unbranched alkanes of at least 4 members (excludes halogenated alkanes) is 1. The molecule has 0 saturated heterocycles. The van der Waals surface area contributed by atoms with Crippen LogP contribution in [-0.4, -0.2) is 25.7 Å². The predicted octanol–water partition coefficient (Wildman–Crippen LogP) is 3.51. The van der Waals surface area contributed by atoms with Gasteiger partial charge in [-0.05, 0) is 37.1 Å². The molecule has 24 heavy (non-hydrogen) atoms. The summed E-state index contributed by atoms with van der Waals surface area (Å²) >= 11 is 0. The topological polar surface area (TPSA) is 71.4 Å². The molecule has 0 aromatic heterocycles. The van der Waals surface area contributed by atoms with Crippen LogP contribution < -0.4 is 14.8 Å². The summed E-state index contributed by atoms with van der Waals surface area (Å²) in [7, 11) is 0. The van der Waals surface area contributed by atoms with Gasteiger partial charge in [0.2, 0.25) is 0 Å². The molecular weight excluding hydrogens is 318 g/mol. The first kappa shape index (κ1) is 19.4. The highest BCUT2D eigenvalue weighted by molar-refractivity contribution is 6.01. The van der Waals surface area contributed by atoms with Crippen molar-refractivity contribution in [3.63, 3.8) is 0 Å². The molecule has 0 heterocycles. The van der Waals surface area contributed by atoms with Crippen LogP contribution in [0.1, 0.15) is 32.3 Å². The predicted molar refractivity (Wildman–Crippen MR) is 85.8 cm³/mol. The van der Waals surface area contributed by atoms with E-state index in [1.54, 1.807) is 6.92 Å². The van der Waals surface area contributed by atoms with Gasteiger partial charge in [-0.3, -0.25) is 4.79 Å². The fourth-order valence-corrected chi connectivity index (χ4v) is 1.87. The van der Waals surface area contributed by atoms with Gasteiger partial charge in [0, 0.05) is 6.54 Å². The van der Waals surface area contributed by atoms with Gasteiger partial charge in [0.1, 0.15) is 11.6 Å². The van der Waals surface area contributed by atoms with E-state index in [-0.39, 0.29) is 23.7 Å².